The SMILES string of the molecule is C[C@@H](NC(=O)Cn1c(Cl)nc2c1c(=O)n(C)c(=O)n2C)c1ccc2c(c1)OCO2. The number of fused-ring (bicyclic) bond motifs is 2. The Morgan fingerprint density at radius 1 is 1.24 bits per heavy atom. The first-order valence-corrected chi connectivity index (χ1v) is 9.16. The normalized spacial score (nSPS) is 13.7. The fourth-order valence-corrected chi connectivity index (χ4v) is 3.49. The molecule has 1 aliphatic rings. The van der Waals surface area contributed by atoms with Gasteiger partial charge in [-0.2, -0.15) is 4.98 Å². The molecule has 0 radical (unpaired) electrons. The summed E-state index contributed by atoms with van der Waals surface area (Å²) in [6, 6.07) is 5.10. The molecule has 1 N–H and O–H groups in total. The molecule has 10 nitrogen and oxygen atoms in total. The molecule has 1 aliphatic heterocycles. The predicted molar refractivity (Wildman–Crippen MR) is 104 cm³/mol. The minimum absolute atomic E-state index is 0.0517. The van der Waals surface area contributed by atoms with Gasteiger partial charge in [-0.3, -0.25) is 23.3 Å². The summed E-state index contributed by atoms with van der Waals surface area (Å²) in [6.45, 7) is 1.77. The third kappa shape index (κ3) is 3.15. The lowest BCUT2D eigenvalue weighted by Gasteiger charge is -2.15. The highest BCUT2D eigenvalue weighted by Crippen LogP contribution is 2.34. The number of carbonyl (C=O) groups is 1. The van der Waals surface area contributed by atoms with Gasteiger partial charge in [0.1, 0.15) is 6.54 Å². The van der Waals surface area contributed by atoms with Gasteiger partial charge in [0, 0.05) is 14.1 Å². The van der Waals surface area contributed by atoms with Crippen molar-refractivity contribution in [3.63, 3.8) is 0 Å². The minimum Gasteiger partial charge on any atom is -0.454 e. The smallest absolute Gasteiger partial charge is 0.332 e. The van der Waals surface area contributed by atoms with Crippen LogP contribution in [0.5, 0.6) is 11.5 Å². The van der Waals surface area contributed by atoms with E-state index >= 15 is 0 Å². The molecule has 0 saturated heterocycles. The van der Waals surface area contributed by atoms with Gasteiger partial charge in [0.2, 0.25) is 18.0 Å². The van der Waals surface area contributed by atoms with Crippen LogP contribution in [0, 0.1) is 0 Å². The lowest BCUT2D eigenvalue weighted by atomic mass is 10.1. The molecule has 0 spiro atoms. The summed E-state index contributed by atoms with van der Waals surface area (Å²) in [5, 5.41) is 2.81. The zero-order valence-electron chi connectivity index (χ0n) is 15.9. The standard InChI is InChI=1S/C18H18ClN5O5/c1-9(10-4-5-11-12(6-10)29-8-28-11)20-13(25)7-24-14-15(21-17(24)19)22(2)18(27)23(3)16(14)26/h4-6,9H,7-8H2,1-3H3,(H,20,25)/t9-/m1/s1. The van der Waals surface area contributed by atoms with Crippen LogP contribution >= 0.6 is 11.6 Å². The summed E-state index contributed by atoms with van der Waals surface area (Å²) in [5.74, 6) is 0.911. The van der Waals surface area contributed by atoms with E-state index in [0.717, 1.165) is 10.1 Å². The Bertz CT molecular complexity index is 1260. The van der Waals surface area contributed by atoms with E-state index in [1.807, 2.05) is 13.0 Å². The number of nitrogens with one attached hydrogen (secondary N) is 1. The summed E-state index contributed by atoms with van der Waals surface area (Å²) < 4.78 is 14.1. The first-order chi connectivity index (χ1) is 13.8. The molecule has 152 valence electrons. The van der Waals surface area contributed by atoms with Crippen LogP contribution < -0.4 is 26.0 Å². The fraction of sp³-hybridized carbons (Fsp3) is 0.333. The third-order valence-electron chi connectivity index (χ3n) is 4.88. The van der Waals surface area contributed by atoms with Gasteiger partial charge in [0.15, 0.2) is 22.7 Å². The molecule has 2 aromatic heterocycles. The molecule has 0 bridgehead atoms. The Balaban J connectivity index is 1.60. The number of nitrogens with zero attached hydrogens (tertiary/aromatic N) is 4. The third-order valence-corrected chi connectivity index (χ3v) is 5.17. The van der Waals surface area contributed by atoms with Crippen LogP contribution in [0.2, 0.25) is 5.28 Å². The lowest BCUT2D eigenvalue weighted by Crippen LogP contribution is -2.38. The number of halogens is 1. The molecular formula is C18H18ClN5O5. The second-order valence-electron chi connectivity index (χ2n) is 6.75. The molecule has 1 atom stereocenters. The van der Waals surface area contributed by atoms with Crippen molar-refractivity contribution in [2.24, 2.45) is 14.1 Å². The van der Waals surface area contributed by atoms with E-state index in [2.05, 4.69) is 10.3 Å². The van der Waals surface area contributed by atoms with Crippen LogP contribution in [0.4, 0.5) is 0 Å². The van der Waals surface area contributed by atoms with Gasteiger partial charge in [0.05, 0.1) is 6.04 Å². The van der Waals surface area contributed by atoms with E-state index in [9.17, 15) is 14.4 Å². The monoisotopic (exact) mass is 419 g/mol. The molecule has 3 heterocycles. The Hall–Kier alpha value is -3.27. The van der Waals surface area contributed by atoms with Gasteiger partial charge in [-0.05, 0) is 36.2 Å². The number of hydrogen-bond donors (Lipinski definition) is 1. The summed E-state index contributed by atoms with van der Waals surface area (Å²) in [7, 11) is 2.84. The number of hydrogen-bond acceptors (Lipinski definition) is 6. The highest BCUT2D eigenvalue weighted by molar-refractivity contribution is 6.29. The van der Waals surface area contributed by atoms with Crippen molar-refractivity contribution in [2.75, 3.05) is 6.79 Å². The maximum absolute atomic E-state index is 12.6. The van der Waals surface area contributed by atoms with Gasteiger partial charge < -0.3 is 14.8 Å². The number of aryl methyl sites for hydroxylation is 1. The molecule has 4 rings (SSSR count). The molecule has 1 amide bonds. The number of amides is 1. The van der Waals surface area contributed by atoms with Crippen LogP contribution in [-0.4, -0.2) is 31.4 Å². The summed E-state index contributed by atoms with van der Waals surface area (Å²) in [6.07, 6.45) is 0. The van der Waals surface area contributed by atoms with Crippen molar-refractivity contribution in [1.29, 1.82) is 0 Å². The van der Waals surface area contributed by atoms with Crippen LogP contribution in [0.25, 0.3) is 11.2 Å². The molecular weight excluding hydrogens is 402 g/mol. The largest absolute Gasteiger partial charge is 0.454 e. The minimum atomic E-state index is -0.570. The van der Waals surface area contributed by atoms with Crippen molar-refractivity contribution in [1.82, 2.24) is 24.0 Å². The van der Waals surface area contributed by atoms with Crippen LogP contribution in [0.3, 0.4) is 0 Å². The molecule has 0 aliphatic carbocycles. The zero-order valence-corrected chi connectivity index (χ0v) is 16.7. The maximum Gasteiger partial charge on any atom is 0.332 e. The van der Waals surface area contributed by atoms with Crippen molar-refractivity contribution in [2.45, 2.75) is 19.5 Å². The van der Waals surface area contributed by atoms with Gasteiger partial charge in [-0.15, -0.1) is 0 Å². The fourth-order valence-electron chi connectivity index (χ4n) is 3.26. The highest BCUT2D eigenvalue weighted by Gasteiger charge is 2.21. The zero-order chi connectivity index (χ0) is 20.9. The number of carbonyl (C=O) groups excluding carboxylic acids is 1. The van der Waals surface area contributed by atoms with E-state index in [0.29, 0.717) is 11.5 Å². The second kappa shape index (κ2) is 6.96. The number of aromatic nitrogens is 4. The van der Waals surface area contributed by atoms with Gasteiger partial charge in [-0.1, -0.05) is 6.07 Å². The average Bonchev–Trinajstić information content (AvgIpc) is 3.29. The molecule has 3 aromatic rings. The van der Waals surface area contributed by atoms with Crippen LogP contribution in [-0.2, 0) is 25.4 Å². The van der Waals surface area contributed by atoms with Crippen molar-refractivity contribution >= 4 is 28.7 Å². The molecule has 29 heavy (non-hydrogen) atoms. The van der Waals surface area contributed by atoms with Gasteiger partial charge >= 0.3 is 5.69 Å². The van der Waals surface area contributed by atoms with Crippen LogP contribution in [0.15, 0.2) is 27.8 Å². The van der Waals surface area contributed by atoms with Crippen molar-refractivity contribution in [3.8, 4) is 11.5 Å². The molecule has 0 fully saturated rings. The number of benzene rings is 1. The van der Waals surface area contributed by atoms with E-state index in [-0.39, 0.29) is 41.7 Å². The number of rotatable bonds is 4. The second-order valence-corrected chi connectivity index (χ2v) is 7.08. The average molecular weight is 420 g/mol. The predicted octanol–water partition coefficient (Wildman–Crippen LogP) is 0.693. The Labute approximate surface area is 169 Å². The first kappa shape index (κ1) is 19.1. The Kier molecular flexibility index (Phi) is 4.58. The highest BCUT2D eigenvalue weighted by atomic mass is 35.5. The molecule has 11 heteroatoms. The van der Waals surface area contributed by atoms with E-state index in [1.165, 1.54) is 23.2 Å². The summed E-state index contributed by atoms with van der Waals surface area (Å²) >= 11 is 6.16. The Morgan fingerprint density at radius 2 is 1.97 bits per heavy atom. The maximum atomic E-state index is 12.6. The number of imidazole rings is 1. The van der Waals surface area contributed by atoms with Gasteiger partial charge in [0.25, 0.3) is 5.56 Å². The molecule has 0 saturated carbocycles. The van der Waals surface area contributed by atoms with Gasteiger partial charge in [-0.25, -0.2) is 4.79 Å². The van der Waals surface area contributed by atoms with E-state index in [4.69, 9.17) is 21.1 Å². The molecule has 1 aromatic carbocycles. The summed E-state index contributed by atoms with van der Waals surface area (Å²) in [4.78, 5) is 41.3. The molecule has 0 unspecified atom stereocenters. The van der Waals surface area contributed by atoms with E-state index in [1.54, 1.807) is 12.1 Å². The van der Waals surface area contributed by atoms with Crippen molar-refractivity contribution < 1.29 is 14.3 Å². The lowest BCUT2D eigenvalue weighted by molar-refractivity contribution is -0.122. The topological polar surface area (TPSA) is 109 Å². The van der Waals surface area contributed by atoms with E-state index < -0.39 is 11.2 Å². The summed E-state index contributed by atoms with van der Waals surface area (Å²) in [5.41, 5.74) is -0.0449. The Morgan fingerprint density at radius 3 is 2.72 bits per heavy atom. The quantitative estimate of drug-likeness (QED) is 0.623. The number of ether oxygens (including phenoxy) is 2. The van der Waals surface area contributed by atoms with Crippen molar-refractivity contribution in [3.05, 3.63) is 49.9 Å². The first-order valence-electron chi connectivity index (χ1n) is 8.78. The van der Waals surface area contributed by atoms with Crippen LogP contribution in [0.1, 0.15) is 18.5 Å².